The molecule has 1 atom stereocenters. The Bertz CT molecular complexity index is 848. The summed E-state index contributed by atoms with van der Waals surface area (Å²) in [6, 6.07) is 2.75. The number of anilines is 2. The molecule has 1 amide bonds. The monoisotopic (exact) mass is 384 g/mol. The summed E-state index contributed by atoms with van der Waals surface area (Å²) in [6.07, 6.45) is -1.05. The fourth-order valence-corrected chi connectivity index (χ4v) is 2.70. The Morgan fingerprint density at radius 3 is 2.52 bits per heavy atom. The lowest BCUT2D eigenvalue weighted by Gasteiger charge is -2.15. The summed E-state index contributed by atoms with van der Waals surface area (Å²) in [4.78, 5) is 24.6. The van der Waals surface area contributed by atoms with E-state index in [4.69, 9.17) is 33.7 Å². The van der Waals surface area contributed by atoms with Crippen LogP contribution >= 0.6 is 23.2 Å². The number of hydrogen-bond donors (Lipinski definition) is 2. The zero-order valence-corrected chi connectivity index (χ0v) is 15.7. The van der Waals surface area contributed by atoms with Gasteiger partial charge in [0.25, 0.3) is 5.91 Å². The van der Waals surface area contributed by atoms with Gasteiger partial charge in [-0.25, -0.2) is 4.79 Å². The fourth-order valence-electron chi connectivity index (χ4n) is 2.21. The zero-order valence-electron chi connectivity index (χ0n) is 14.2. The largest absolute Gasteiger partial charge is 0.449 e. The first-order valence-corrected chi connectivity index (χ1v) is 8.14. The van der Waals surface area contributed by atoms with Crippen LogP contribution in [0.4, 0.5) is 11.4 Å². The van der Waals surface area contributed by atoms with Gasteiger partial charge in [-0.05, 0) is 32.9 Å². The first-order valence-electron chi connectivity index (χ1n) is 7.38. The van der Waals surface area contributed by atoms with Crippen LogP contribution in [0.3, 0.4) is 0 Å². The van der Waals surface area contributed by atoms with E-state index in [1.54, 1.807) is 18.7 Å². The maximum Gasteiger partial charge on any atom is 0.341 e. The molecular weight excluding hydrogens is 367 g/mol. The molecule has 1 heterocycles. The van der Waals surface area contributed by atoms with Gasteiger partial charge in [0.1, 0.15) is 0 Å². The van der Waals surface area contributed by atoms with Gasteiger partial charge in [-0.1, -0.05) is 23.2 Å². The number of amides is 1. The van der Waals surface area contributed by atoms with Gasteiger partial charge in [0.2, 0.25) is 0 Å². The van der Waals surface area contributed by atoms with Gasteiger partial charge in [-0.2, -0.15) is 5.10 Å². The van der Waals surface area contributed by atoms with Gasteiger partial charge in [-0.3, -0.25) is 9.48 Å². The number of carbonyl (C=O) groups excluding carboxylic acids is 2. The Morgan fingerprint density at radius 2 is 1.96 bits per heavy atom. The van der Waals surface area contributed by atoms with E-state index in [9.17, 15) is 9.59 Å². The number of esters is 1. The SMILES string of the molecule is Cc1nn(C)c(C)c1NC(=O)[C@H](C)OC(=O)c1cc(Cl)cc(Cl)c1N. The quantitative estimate of drug-likeness (QED) is 0.622. The highest BCUT2D eigenvalue weighted by Gasteiger charge is 2.23. The number of nitrogens with one attached hydrogen (secondary N) is 1. The summed E-state index contributed by atoms with van der Waals surface area (Å²) in [6.45, 7) is 5.05. The summed E-state index contributed by atoms with van der Waals surface area (Å²) < 4.78 is 6.82. The highest BCUT2D eigenvalue weighted by molar-refractivity contribution is 6.37. The summed E-state index contributed by atoms with van der Waals surface area (Å²) in [5.74, 6) is -1.27. The van der Waals surface area contributed by atoms with Crippen LogP contribution in [0.15, 0.2) is 12.1 Å². The van der Waals surface area contributed by atoms with E-state index >= 15 is 0 Å². The third-order valence-electron chi connectivity index (χ3n) is 3.72. The number of ether oxygens (including phenoxy) is 1. The first kappa shape index (κ1) is 19.1. The summed E-state index contributed by atoms with van der Waals surface area (Å²) in [5, 5.41) is 7.30. The molecule has 1 aromatic heterocycles. The molecule has 0 spiro atoms. The minimum atomic E-state index is -1.05. The molecule has 0 aliphatic carbocycles. The Hall–Kier alpha value is -2.25. The number of rotatable bonds is 4. The van der Waals surface area contributed by atoms with E-state index in [0.717, 1.165) is 5.69 Å². The lowest BCUT2D eigenvalue weighted by Crippen LogP contribution is -2.30. The minimum absolute atomic E-state index is 0.00545. The molecule has 0 saturated heterocycles. The van der Waals surface area contributed by atoms with Crippen molar-refractivity contribution in [2.45, 2.75) is 26.9 Å². The number of nitrogens with two attached hydrogens (primary N) is 1. The van der Waals surface area contributed by atoms with Crippen molar-refractivity contribution in [3.63, 3.8) is 0 Å². The molecule has 1 aromatic carbocycles. The van der Waals surface area contributed by atoms with E-state index in [-0.39, 0.29) is 21.3 Å². The molecule has 7 nitrogen and oxygen atoms in total. The Labute approximate surface area is 155 Å². The van der Waals surface area contributed by atoms with Crippen molar-refractivity contribution in [2.75, 3.05) is 11.1 Å². The van der Waals surface area contributed by atoms with Gasteiger partial charge in [0, 0.05) is 12.1 Å². The second-order valence-electron chi connectivity index (χ2n) is 5.56. The predicted octanol–water partition coefficient (Wildman–Crippen LogP) is 3.11. The standard InChI is InChI=1S/C16H18Cl2N4O3/c1-7-14(8(2)22(4)21-7)20-15(23)9(3)25-16(24)11-5-10(17)6-12(18)13(11)19/h5-6,9H,19H2,1-4H3,(H,20,23)/t9-/m0/s1. The van der Waals surface area contributed by atoms with Crippen LogP contribution in [0.5, 0.6) is 0 Å². The topological polar surface area (TPSA) is 99.2 Å². The number of aryl methyl sites for hydroxylation is 2. The molecule has 0 unspecified atom stereocenters. The molecule has 2 aromatic rings. The molecule has 0 aliphatic rings. The average molecular weight is 385 g/mol. The van der Waals surface area contributed by atoms with Crippen molar-refractivity contribution in [3.8, 4) is 0 Å². The maximum atomic E-state index is 12.3. The van der Waals surface area contributed by atoms with Crippen molar-refractivity contribution in [1.82, 2.24) is 9.78 Å². The normalized spacial score (nSPS) is 11.9. The van der Waals surface area contributed by atoms with Crippen molar-refractivity contribution in [2.24, 2.45) is 7.05 Å². The number of benzene rings is 1. The summed E-state index contributed by atoms with van der Waals surface area (Å²) in [5.41, 5.74) is 7.85. The fraction of sp³-hybridized carbons (Fsp3) is 0.312. The number of nitrogen functional groups attached to an aromatic ring is 1. The molecule has 3 N–H and O–H groups in total. The van der Waals surface area contributed by atoms with Crippen LogP contribution in [-0.4, -0.2) is 27.8 Å². The van der Waals surface area contributed by atoms with Crippen LogP contribution < -0.4 is 11.1 Å². The molecule has 0 radical (unpaired) electrons. The number of hydrogen-bond acceptors (Lipinski definition) is 5. The molecule has 0 aliphatic heterocycles. The predicted molar refractivity (Wildman–Crippen MR) is 97.1 cm³/mol. The highest BCUT2D eigenvalue weighted by atomic mass is 35.5. The molecule has 9 heteroatoms. The van der Waals surface area contributed by atoms with E-state index in [2.05, 4.69) is 10.4 Å². The number of halogens is 2. The van der Waals surface area contributed by atoms with Gasteiger partial charge in [0.15, 0.2) is 6.10 Å². The van der Waals surface area contributed by atoms with Crippen LogP contribution in [0.25, 0.3) is 0 Å². The number of carbonyl (C=O) groups is 2. The van der Waals surface area contributed by atoms with Crippen molar-refractivity contribution < 1.29 is 14.3 Å². The average Bonchev–Trinajstić information content (AvgIpc) is 2.76. The highest BCUT2D eigenvalue weighted by Crippen LogP contribution is 2.28. The second-order valence-corrected chi connectivity index (χ2v) is 6.40. The lowest BCUT2D eigenvalue weighted by molar-refractivity contribution is -0.123. The third-order valence-corrected chi connectivity index (χ3v) is 4.26. The van der Waals surface area contributed by atoms with Crippen molar-refractivity contribution in [1.29, 1.82) is 0 Å². The van der Waals surface area contributed by atoms with Crippen LogP contribution in [0.2, 0.25) is 10.0 Å². The van der Waals surface area contributed by atoms with Crippen LogP contribution in [0.1, 0.15) is 28.7 Å². The van der Waals surface area contributed by atoms with Gasteiger partial charge < -0.3 is 15.8 Å². The van der Waals surface area contributed by atoms with Crippen LogP contribution in [-0.2, 0) is 16.6 Å². The third kappa shape index (κ3) is 4.05. The Balaban J connectivity index is 2.12. The molecule has 0 bridgehead atoms. The summed E-state index contributed by atoms with van der Waals surface area (Å²) in [7, 11) is 1.77. The molecule has 0 saturated carbocycles. The van der Waals surface area contributed by atoms with E-state index in [0.29, 0.717) is 11.4 Å². The molecule has 0 fully saturated rings. The first-order chi connectivity index (χ1) is 11.6. The molecule has 25 heavy (non-hydrogen) atoms. The smallest absolute Gasteiger partial charge is 0.341 e. The van der Waals surface area contributed by atoms with E-state index in [1.807, 2.05) is 6.92 Å². The number of aromatic nitrogens is 2. The maximum absolute atomic E-state index is 12.3. The molecule has 2 rings (SSSR count). The summed E-state index contributed by atoms with van der Waals surface area (Å²) >= 11 is 11.8. The lowest BCUT2D eigenvalue weighted by atomic mass is 10.2. The Morgan fingerprint density at radius 1 is 1.32 bits per heavy atom. The second kappa shape index (κ2) is 7.33. The van der Waals surface area contributed by atoms with E-state index in [1.165, 1.54) is 19.1 Å². The molecular formula is C16H18Cl2N4O3. The van der Waals surface area contributed by atoms with Gasteiger partial charge in [-0.15, -0.1) is 0 Å². The minimum Gasteiger partial charge on any atom is -0.449 e. The van der Waals surface area contributed by atoms with E-state index < -0.39 is 18.0 Å². The zero-order chi connectivity index (χ0) is 18.9. The van der Waals surface area contributed by atoms with Gasteiger partial charge >= 0.3 is 5.97 Å². The van der Waals surface area contributed by atoms with Crippen molar-refractivity contribution in [3.05, 3.63) is 39.1 Å². The van der Waals surface area contributed by atoms with Gasteiger partial charge in [0.05, 0.1) is 33.3 Å². The van der Waals surface area contributed by atoms with Crippen molar-refractivity contribution >= 4 is 46.5 Å². The Kier molecular flexibility index (Phi) is 5.59. The number of nitrogens with zero attached hydrogens (tertiary/aromatic N) is 2. The molecule has 134 valence electrons. The van der Waals surface area contributed by atoms with Crippen LogP contribution in [0, 0.1) is 13.8 Å².